The Bertz CT molecular complexity index is 838. The van der Waals surface area contributed by atoms with Crippen molar-refractivity contribution in [3.63, 3.8) is 0 Å². The van der Waals surface area contributed by atoms with Gasteiger partial charge in [-0.25, -0.2) is 0 Å². The van der Waals surface area contributed by atoms with Crippen molar-refractivity contribution in [2.45, 2.75) is 38.8 Å². The lowest BCUT2D eigenvalue weighted by Crippen LogP contribution is -2.18. The van der Waals surface area contributed by atoms with Gasteiger partial charge in [-0.05, 0) is 67.6 Å². The van der Waals surface area contributed by atoms with E-state index in [0.717, 1.165) is 37.4 Å². The van der Waals surface area contributed by atoms with Crippen molar-refractivity contribution >= 4 is 5.82 Å². The number of nitrogens with zero attached hydrogens (tertiary/aromatic N) is 3. The number of likely N-dealkylation sites (tertiary alicyclic amines) is 1. The molecule has 1 saturated heterocycles. The molecule has 1 aromatic heterocycles. The minimum absolute atomic E-state index is 0.763. The van der Waals surface area contributed by atoms with Crippen LogP contribution in [0.25, 0.3) is 0 Å². The van der Waals surface area contributed by atoms with Crippen LogP contribution in [0.4, 0.5) is 5.82 Å². The van der Waals surface area contributed by atoms with Gasteiger partial charge in [0.05, 0.1) is 5.69 Å². The fourth-order valence-electron chi connectivity index (χ4n) is 3.66. The summed E-state index contributed by atoms with van der Waals surface area (Å²) in [4.78, 5) is 2.54. The fourth-order valence-corrected chi connectivity index (χ4v) is 3.66. The lowest BCUT2D eigenvalue weighted by molar-refractivity contribution is 0.331. The summed E-state index contributed by atoms with van der Waals surface area (Å²) >= 11 is 0. The molecule has 28 heavy (non-hydrogen) atoms. The Balaban J connectivity index is 1.24. The lowest BCUT2D eigenvalue weighted by atomic mass is 10.1. The van der Waals surface area contributed by atoms with E-state index in [4.69, 9.17) is 0 Å². The summed E-state index contributed by atoms with van der Waals surface area (Å²) in [7, 11) is 0. The second-order valence-electron chi connectivity index (χ2n) is 7.55. The zero-order chi connectivity index (χ0) is 19.0. The monoisotopic (exact) mass is 372 g/mol. The molecule has 0 spiro atoms. The van der Waals surface area contributed by atoms with E-state index >= 15 is 0 Å². The zero-order valence-electron chi connectivity index (χ0n) is 16.3. The molecular weight excluding hydrogens is 344 g/mol. The van der Waals surface area contributed by atoms with E-state index in [2.05, 4.69) is 62.9 Å². The number of aryl methyl sites for hydroxylation is 2. The first-order chi connectivity index (χ1) is 13.8. The number of aromatic nitrogens is 2. The second-order valence-corrected chi connectivity index (χ2v) is 7.55. The van der Waals surface area contributed by atoms with Crippen LogP contribution in [0.5, 0.6) is 0 Å². The Morgan fingerprint density at radius 3 is 2.18 bits per heavy atom. The molecule has 0 radical (unpaired) electrons. The molecule has 0 atom stereocenters. The Kier molecular flexibility index (Phi) is 6.30. The van der Waals surface area contributed by atoms with Gasteiger partial charge in [-0.2, -0.15) is 5.10 Å². The first-order valence-electron chi connectivity index (χ1n) is 10.3. The highest BCUT2D eigenvalue weighted by Crippen LogP contribution is 2.14. The molecule has 1 aliphatic heterocycles. The zero-order valence-corrected chi connectivity index (χ0v) is 16.3. The average Bonchev–Trinajstić information content (AvgIpc) is 3.26. The summed E-state index contributed by atoms with van der Waals surface area (Å²) in [5.74, 6) is 0.818. The molecule has 1 N–H and O–H groups in total. The molecule has 1 fully saturated rings. The number of benzene rings is 2. The summed E-state index contributed by atoms with van der Waals surface area (Å²) < 4.78 is 0. The van der Waals surface area contributed by atoms with Gasteiger partial charge in [0.1, 0.15) is 5.82 Å². The van der Waals surface area contributed by atoms with Crippen LogP contribution in [0.15, 0.2) is 66.7 Å². The van der Waals surface area contributed by atoms with E-state index in [1.165, 1.54) is 42.6 Å². The molecule has 4 rings (SSSR count). The molecule has 2 heterocycles. The summed E-state index contributed by atoms with van der Waals surface area (Å²) in [6.07, 6.45) is 4.60. The number of hydrogen-bond acceptors (Lipinski definition) is 4. The van der Waals surface area contributed by atoms with Crippen LogP contribution in [0.2, 0.25) is 0 Å². The SMILES string of the molecule is c1ccc(CNc2ccc(CCc3ccc(CN4CCCC4)cc3)nn2)cc1. The molecule has 0 amide bonds. The summed E-state index contributed by atoms with van der Waals surface area (Å²) in [6.45, 7) is 4.34. The quantitative estimate of drug-likeness (QED) is 0.633. The van der Waals surface area contributed by atoms with Crippen molar-refractivity contribution in [1.29, 1.82) is 0 Å². The van der Waals surface area contributed by atoms with Crippen molar-refractivity contribution in [1.82, 2.24) is 15.1 Å². The Hall–Kier alpha value is -2.72. The van der Waals surface area contributed by atoms with Crippen LogP contribution in [-0.4, -0.2) is 28.2 Å². The minimum Gasteiger partial charge on any atom is -0.365 e. The highest BCUT2D eigenvalue weighted by molar-refractivity contribution is 5.34. The number of nitrogens with one attached hydrogen (secondary N) is 1. The van der Waals surface area contributed by atoms with Crippen molar-refractivity contribution in [2.75, 3.05) is 18.4 Å². The van der Waals surface area contributed by atoms with Crippen LogP contribution in [-0.2, 0) is 25.9 Å². The van der Waals surface area contributed by atoms with Gasteiger partial charge in [-0.1, -0.05) is 54.6 Å². The maximum Gasteiger partial charge on any atom is 0.148 e. The van der Waals surface area contributed by atoms with Crippen molar-refractivity contribution in [3.8, 4) is 0 Å². The Morgan fingerprint density at radius 2 is 1.46 bits per heavy atom. The second kappa shape index (κ2) is 9.47. The molecule has 2 aromatic carbocycles. The van der Waals surface area contributed by atoms with Crippen LogP contribution in [0.3, 0.4) is 0 Å². The highest BCUT2D eigenvalue weighted by atomic mass is 15.2. The van der Waals surface area contributed by atoms with Crippen LogP contribution >= 0.6 is 0 Å². The number of rotatable bonds is 8. The van der Waals surface area contributed by atoms with Crippen molar-refractivity contribution < 1.29 is 0 Å². The predicted octanol–water partition coefficient (Wildman–Crippen LogP) is 4.47. The highest BCUT2D eigenvalue weighted by Gasteiger charge is 2.11. The van der Waals surface area contributed by atoms with Crippen molar-refractivity contribution in [2.24, 2.45) is 0 Å². The number of anilines is 1. The molecule has 0 saturated carbocycles. The molecule has 4 heteroatoms. The molecule has 0 bridgehead atoms. The van der Waals surface area contributed by atoms with Crippen molar-refractivity contribution in [3.05, 3.63) is 89.1 Å². The van der Waals surface area contributed by atoms with E-state index in [1.54, 1.807) is 0 Å². The molecule has 1 aliphatic rings. The Labute approximate surface area is 167 Å². The van der Waals surface area contributed by atoms with Gasteiger partial charge in [-0.15, -0.1) is 5.10 Å². The van der Waals surface area contributed by atoms with Gasteiger partial charge >= 0.3 is 0 Å². The minimum atomic E-state index is 0.763. The summed E-state index contributed by atoms with van der Waals surface area (Å²) in [5.41, 5.74) is 5.05. The predicted molar refractivity (Wildman–Crippen MR) is 114 cm³/mol. The van der Waals surface area contributed by atoms with E-state index in [0.29, 0.717) is 0 Å². The fraction of sp³-hybridized carbons (Fsp3) is 0.333. The first kappa shape index (κ1) is 18.6. The average molecular weight is 373 g/mol. The van der Waals surface area contributed by atoms with Crippen LogP contribution in [0.1, 0.15) is 35.2 Å². The smallest absolute Gasteiger partial charge is 0.148 e. The van der Waals surface area contributed by atoms with E-state index in [1.807, 2.05) is 24.3 Å². The topological polar surface area (TPSA) is 41.0 Å². The van der Waals surface area contributed by atoms with Gasteiger partial charge in [0.2, 0.25) is 0 Å². The third-order valence-electron chi connectivity index (χ3n) is 5.33. The number of hydrogen-bond donors (Lipinski definition) is 1. The molecule has 3 aromatic rings. The standard InChI is InChI=1S/C24H28N4/c1-2-6-21(7-3-1)18-25-24-15-14-23(26-27-24)13-12-20-8-10-22(11-9-20)19-28-16-4-5-17-28/h1-3,6-11,14-15H,4-5,12-13,16-19H2,(H,25,27). The van der Waals surface area contributed by atoms with Gasteiger partial charge in [0.25, 0.3) is 0 Å². The maximum atomic E-state index is 4.37. The van der Waals surface area contributed by atoms with E-state index in [9.17, 15) is 0 Å². The van der Waals surface area contributed by atoms with Crippen LogP contribution < -0.4 is 5.32 Å². The van der Waals surface area contributed by atoms with Crippen LogP contribution in [0, 0.1) is 0 Å². The molecule has 144 valence electrons. The first-order valence-corrected chi connectivity index (χ1v) is 10.3. The van der Waals surface area contributed by atoms with Gasteiger partial charge in [-0.3, -0.25) is 4.90 Å². The lowest BCUT2D eigenvalue weighted by Gasteiger charge is -2.14. The maximum absolute atomic E-state index is 4.37. The summed E-state index contributed by atoms with van der Waals surface area (Å²) in [6, 6.07) is 23.5. The largest absolute Gasteiger partial charge is 0.365 e. The molecular formula is C24H28N4. The molecule has 4 nitrogen and oxygen atoms in total. The summed E-state index contributed by atoms with van der Waals surface area (Å²) in [5, 5.41) is 12.0. The third kappa shape index (κ3) is 5.40. The molecule has 0 aliphatic carbocycles. The Morgan fingerprint density at radius 1 is 0.714 bits per heavy atom. The normalized spacial score (nSPS) is 14.3. The van der Waals surface area contributed by atoms with E-state index < -0.39 is 0 Å². The molecule has 0 unspecified atom stereocenters. The van der Waals surface area contributed by atoms with Gasteiger partial charge in [0.15, 0.2) is 0 Å². The van der Waals surface area contributed by atoms with E-state index in [-0.39, 0.29) is 0 Å². The van der Waals surface area contributed by atoms with Gasteiger partial charge in [0, 0.05) is 13.1 Å². The van der Waals surface area contributed by atoms with Gasteiger partial charge < -0.3 is 5.32 Å². The third-order valence-corrected chi connectivity index (χ3v) is 5.33.